The fourth-order valence-electron chi connectivity index (χ4n) is 2.91. The maximum absolute atomic E-state index is 6.02. The van der Waals surface area contributed by atoms with E-state index in [-0.39, 0.29) is 5.54 Å². The summed E-state index contributed by atoms with van der Waals surface area (Å²) in [5, 5.41) is 8.35. The molecule has 1 aromatic heterocycles. The van der Waals surface area contributed by atoms with E-state index < -0.39 is 0 Å². The van der Waals surface area contributed by atoms with Crippen LogP contribution in [0.15, 0.2) is 27.2 Å². The quantitative estimate of drug-likeness (QED) is 0.859. The van der Waals surface area contributed by atoms with Crippen molar-refractivity contribution in [2.24, 2.45) is 0 Å². The largest absolute Gasteiger partial charge is 0.337 e. The molecule has 0 saturated carbocycles. The van der Waals surface area contributed by atoms with Crippen LogP contribution in [0.5, 0.6) is 0 Å². The van der Waals surface area contributed by atoms with Crippen LogP contribution in [0, 0.1) is 0 Å². The molecule has 1 aromatic carbocycles. The molecule has 1 atom stereocenters. The summed E-state index contributed by atoms with van der Waals surface area (Å²) in [6.07, 6.45) is 4.28. The van der Waals surface area contributed by atoms with E-state index in [1.54, 1.807) is 0 Å². The molecule has 0 amide bonds. The third kappa shape index (κ3) is 2.87. The van der Waals surface area contributed by atoms with Gasteiger partial charge in [-0.1, -0.05) is 30.1 Å². The smallest absolute Gasteiger partial charge is 0.247 e. The first-order valence-corrected chi connectivity index (χ1v) is 8.36. The number of nitrogens with zero attached hydrogens (tertiary/aromatic N) is 2. The number of hydrogen-bond donors (Lipinski definition) is 1. The number of halogens is 2. The minimum atomic E-state index is -0.149. The van der Waals surface area contributed by atoms with E-state index in [9.17, 15) is 0 Å². The lowest BCUT2D eigenvalue weighted by Crippen LogP contribution is -2.36. The van der Waals surface area contributed by atoms with Crippen molar-refractivity contribution in [3.8, 4) is 11.4 Å². The molecule has 1 unspecified atom stereocenters. The molecule has 1 N–H and O–H groups in total. The molecule has 112 valence electrons. The van der Waals surface area contributed by atoms with Crippen molar-refractivity contribution >= 4 is 27.5 Å². The van der Waals surface area contributed by atoms with E-state index in [0.29, 0.717) is 16.7 Å². The van der Waals surface area contributed by atoms with Gasteiger partial charge in [-0.15, -0.1) is 0 Å². The number of rotatable bonds is 4. The highest BCUT2D eigenvalue weighted by Gasteiger charge is 2.39. The Morgan fingerprint density at radius 3 is 3.00 bits per heavy atom. The van der Waals surface area contributed by atoms with Crippen LogP contribution in [0.3, 0.4) is 0 Å². The number of nitrogens with one attached hydrogen (secondary N) is 1. The van der Waals surface area contributed by atoms with Gasteiger partial charge in [-0.3, -0.25) is 0 Å². The standard InChI is InChI=1S/C15H17BrClN3O/c1-2-6-15(7-3-8-18-15)14-19-13(20-21-14)10-4-5-12(17)11(16)9-10/h4-5,9,18H,2-3,6-8H2,1H3. The Bertz CT molecular complexity index is 638. The Labute approximate surface area is 137 Å². The lowest BCUT2D eigenvalue weighted by Gasteiger charge is -2.24. The highest BCUT2D eigenvalue weighted by Crippen LogP contribution is 2.35. The Morgan fingerprint density at radius 1 is 1.48 bits per heavy atom. The molecule has 0 aliphatic carbocycles. The molecule has 1 aliphatic rings. The Hall–Kier alpha value is -0.910. The average Bonchev–Trinajstić information content (AvgIpc) is 3.12. The summed E-state index contributed by atoms with van der Waals surface area (Å²) in [6.45, 7) is 3.18. The second-order valence-electron chi connectivity index (χ2n) is 5.41. The first-order chi connectivity index (χ1) is 10.1. The van der Waals surface area contributed by atoms with Gasteiger partial charge in [0, 0.05) is 10.0 Å². The van der Waals surface area contributed by atoms with Gasteiger partial charge in [-0.2, -0.15) is 4.98 Å². The number of hydrogen-bond acceptors (Lipinski definition) is 4. The van der Waals surface area contributed by atoms with Crippen molar-refractivity contribution in [2.75, 3.05) is 6.54 Å². The van der Waals surface area contributed by atoms with E-state index >= 15 is 0 Å². The van der Waals surface area contributed by atoms with Gasteiger partial charge in [0.1, 0.15) is 0 Å². The fourth-order valence-corrected chi connectivity index (χ4v) is 3.40. The van der Waals surface area contributed by atoms with Gasteiger partial charge in [-0.05, 0) is 59.9 Å². The summed E-state index contributed by atoms with van der Waals surface area (Å²) < 4.78 is 6.39. The summed E-state index contributed by atoms with van der Waals surface area (Å²) in [5.74, 6) is 1.30. The minimum Gasteiger partial charge on any atom is -0.337 e. The lowest BCUT2D eigenvalue weighted by molar-refractivity contribution is 0.241. The second-order valence-corrected chi connectivity index (χ2v) is 6.68. The zero-order valence-electron chi connectivity index (χ0n) is 11.8. The fraction of sp³-hybridized carbons (Fsp3) is 0.467. The van der Waals surface area contributed by atoms with Gasteiger partial charge in [0.15, 0.2) is 0 Å². The monoisotopic (exact) mass is 369 g/mol. The van der Waals surface area contributed by atoms with E-state index in [4.69, 9.17) is 16.1 Å². The van der Waals surface area contributed by atoms with Gasteiger partial charge >= 0.3 is 0 Å². The molecule has 1 fully saturated rings. The lowest BCUT2D eigenvalue weighted by atomic mass is 9.92. The third-order valence-electron chi connectivity index (χ3n) is 3.93. The highest BCUT2D eigenvalue weighted by atomic mass is 79.9. The van der Waals surface area contributed by atoms with E-state index in [0.717, 1.165) is 42.3 Å². The maximum atomic E-state index is 6.02. The molecule has 6 heteroatoms. The summed E-state index contributed by atoms with van der Waals surface area (Å²) in [5.41, 5.74) is 0.745. The zero-order chi connectivity index (χ0) is 14.9. The molecule has 3 rings (SSSR count). The van der Waals surface area contributed by atoms with Crippen LogP contribution in [0.1, 0.15) is 38.5 Å². The van der Waals surface area contributed by atoms with Crippen LogP contribution >= 0.6 is 27.5 Å². The van der Waals surface area contributed by atoms with Crippen LogP contribution in [-0.2, 0) is 5.54 Å². The van der Waals surface area contributed by atoms with Gasteiger partial charge in [-0.25, -0.2) is 0 Å². The van der Waals surface area contributed by atoms with Crippen LogP contribution in [-0.4, -0.2) is 16.7 Å². The molecule has 0 spiro atoms. The average molecular weight is 371 g/mol. The van der Waals surface area contributed by atoms with Gasteiger partial charge < -0.3 is 9.84 Å². The normalized spacial score (nSPS) is 21.9. The van der Waals surface area contributed by atoms with E-state index in [2.05, 4.69) is 38.3 Å². The van der Waals surface area contributed by atoms with Crippen molar-refractivity contribution in [3.05, 3.63) is 33.6 Å². The Balaban J connectivity index is 1.93. The molecular weight excluding hydrogens is 354 g/mol. The van der Waals surface area contributed by atoms with Crippen molar-refractivity contribution in [3.63, 3.8) is 0 Å². The molecule has 0 bridgehead atoms. The van der Waals surface area contributed by atoms with Crippen molar-refractivity contribution < 1.29 is 4.52 Å². The number of benzene rings is 1. The first-order valence-electron chi connectivity index (χ1n) is 7.19. The molecule has 21 heavy (non-hydrogen) atoms. The van der Waals surface area contributed by atoms with Gasteiger partial charge in [0.05, 0.1) is 10.6 Å². The number of aromatic nitrogens is 2. The molecule has 2 aromatic rings. The Morgan fingerprint density at radius 2 is 2.33 bits per heavy atom. The van der Waals surface area contributed by atoms with Crippen LogP contribution < -0.4 is 5.32 Å². The van der Waals surface area contributed by atoms with Crippen LogP contribution in [0.2, 0.25) is 5.02 Å². The molecule has 2 heterocycles. The molecular formula is C15H17BrClN3O. The molecule has 1 aliphatic heterocycles. The topological polar surface area (TPSA) is 51.0 Å². The van der Waals surface area contributed by atoms with E-state index in [1.165, 1.54) is 0 Å². The summed E-state index contributed by atoms with van der Waals surface area (Å²) in [7, 11) is 0. The third-order valence-corrected chi connectivity index (χ3v) is 5.15. The molecule has 4 nitrogen and oxygen atoms in total. The van der Waals surface area contributed by atoms with Gasteiger partial charge in [0.2, 0.25) is 11.7 Å². The summed E-state index contributed by atoms with van der Waals surface area (Å²) in [4.78, 5) is 4.62. The van der Waals surface area contributed by atoms with Crippen molar-refractivity contribution in [1.82, 2.24) is 15.5 Å². The summed E-state index contributed by atoms with van der Waals surface area (Å²) in [6, 6.07) is 5.63. The minimum absolute atomic E-state index is 0.149. The molecule has 1 saturated heterocycles. The Kier molecular flexibility index (Phi) is 4.33. The zero-order valence-corrected chi connectivity index (χ0v) is 14.2. The maximum Gasteiger partial charge on any atom is 0.247 e. The first kappa shape index (κ1) is 15.0. The van der Waals surface area contributed by atoms with E-state index in [1.807, 2.05) is 18.2 Å². The SMILES string of the molecule is CCCC1(c2nc(-c3ccc(Cl)c(Br)c3)no2)CCCN1. The van der Waals surface area contributed by atoms with Gasteiger partial charge in [0.25, 0.3) is 0 Å². The predicted molar refractivity (Wildman–Crippen MR) is 86.3 cm³/mol. The second kappa shape index (κ2) is 6.07. The van der Waals surface area contributed by atoms with Crippen LogP contribution in [0.25, 0.3) is 11.4 Å². The summed E-state index contributed by atoms with van der Waals surface area (Å²) >= 11 is 9.44. The highest BCUT2D eigenvalue weighted by molar-refractivity contribution is 9.10. The molecule has 0 radical (unpaired) electrons. The van der Waals surface area contributed by atoms with Crippen molar-refractivity contribution in [2.45, 2.75) is 38.1 Å². The predicted octanol–water partition coefficient (Wildman–Crippen LogP) is 4.53. The van der Waals surface area contributed by atoms with Crippen LogP contribution in [0.4, 0.5) is 0 Å². The van der Waals surface area contributed by atoms with Crippen molar-refractivity contribution in [1.29, 1.82) is 0 Å².